The molecule has 0 aliphatic rings. The summed E-state index contributed by atoms with van der Waals surface area (Å²) in [7, 11) is 0. The van der Waals surface area contributed by atoms with Crippen molar-refractivity contribution in [2.45, 2.75) is 60.8 Å². The topological polar surface area (TPSA) is 15.6 Å². The van der Waals surface area contributed by atoms with Crippen LogP contribution in [0.15, 0.2) is 47.0 Å². The van der Waals surface area contributed by atoms with Crippen LogP contribution >= 0.6 is 0 Å². The first kappa shape index (κ1) is 21.2. The largest absolute Gasteiger partial charge is 0.372 e. The standard InChI is InChI=1S/C23H36N2/c1-8-12-15-25(11-4)21-13-14-23(19(6)16-21)24-17-20(7)22(10-3)18(5)9-2/h10,13-14,16-18H,7-9,11-12,15H2,1-6H3/b22-10+,24-17-. The van der Waals surface area contributed by atoms with Crippen molar-refractivity contribution >= 4 is 17.6 Å². The molecule has 25 heavy (non-hydrogen) atoms. The van der Waals surface area contributed by atoms with Crippen molar-refractivity contribution < 1.29 is 0 Å². The molecule has 0 aromatic heterocycles. The summed E-state index contributed by atoms with van der Waals surface area (Å²) in [4.78, 5) is 7.13. The highest BCUT2D eigenvalue weighted by atomic mass is 15.1. The zero-order valence-corrected chi connectivity index (χ0v) is 17.1. The lowest BCUT2D eigenvalue weighted by atomic mass is 9.93. The number of benzene rings is 1. The summed E-state index contributed by atoms with van der Waals surface area (Å²) in [5.41, 5.74) is 5.83. The van der Waals surface area contributed by atoms with Gasteiger partial charge in [0.15, 0.2) is 0 Å². The van der Waals surface area contributed by atoms with E-state index in [1.54, 1.807) is 0 Å². The Balaban J connectivity index is 2.92. The molecule has 0 radical (unpaired) electrons. The number of aryl methyl sites for hydroxylation is 1. The molecule has 138 valence electrons. The monoisotopic (exact) mass is 340 g/mol. The molecule has 1 unspecified atom stereocenters. The Morgan fingerprint density at radius 2 is 2.00 bits per heavy atom. The molecule has 0 amide bonds. The Kier molecular flexibility index (Phi) is 9.26. The Morgan fingerprint density at radius 1 is 1.28 bits per heavy atom. The van der Waals surface area contributed by atoms with Gasteiger partial charge in [-0.25, -0.2) is 0 Å². The van der Waals surface area contributed by atoms with Crippen LogP contribution in [0.5, 0.6) is 0 Å². The van der Waals surface area contributed by atoms with Gasteiger partial charge in [-0.3, -0.25) is 4.99 Å². The second-order valence-corrected chi connectivity index (χ2v) is 6.74. The summed E-state index contributed by atoms with van der Waals surface area (Å²) >= 11 is 0. The second-order valence-electron chi connectivity index (χ2n) is 6.74. The van der Waals surface area contributed by atoms with Crippen LogP contribution in [0.1, 0.15) is 59.4 Å². The summed E-state index contributed by atoms with van der Waals surface area (Å²) in [5.74, 6) is 0.518. The van der Waals surface area contributed by atoms with E-state index >= 15 is 0 Å². The third kappa shape index (κ3) is 6.19. The molecule has 0 bridgehead atoms. The minimum absolute atomic E-state index is 0.518. The Labute approximate surface area is 155 Å². The summed E-state index contributed by atoms with van der Waals surface area (Å²) < 4.78 is 0. The summed E-state index contributed by atoms with van der Waals surface area (Å²) in [6.45, 7) is 19.5. The van der Waals surface area contributed by atoms with Gasteiger partial charge >= 0.3 is 0 Å². The van der Waals surface area contributed by atoms with E-state index in [1.165, 1.54) is 29.7 Å². The normalized spacial score (nSPS) is 13.3. The van der Waals surface area contributed by atoms with E-state index in [-0.39, 0.29) is 0 Å². The zero-order valence-electron chi connectivity index (χ0n) is 17.1. The van der Waals surface area contributed by atoms with Crippen molar-refractivity contribution in [3.8, 4) is 0 Å². The van der Waals surface area contributed by atoms with Crippen LogP contribution in [-0.4, -0.2) is 19.3 Å². The fourth-order valence-corrected chi connectivity index (χ4v) is 3.03. The van der Waals surface area contributed by atoms with Crippen molar-refractivity contribution in [2.75, 3.05) is 18.0 Å². The van der Waals surface area contributed by atoms with Crippen LogP contribution in [0.2, 0.25) is 0 Å². The predicted molar refractivity (Wildman–Crippen MR) is 114 cm³/mol. The molecular weight excluding hydrogens is 304 g/mol. The fourth-order valence-electron chi connectivity index (χ4n) is 3.03. The molecular formula is C23H36N2. The van der Waals surface area contributed by atoms with Gasteiger partial charge in [-0.1, -0.05) is 39.8 Å². The molecule has 0 aliphatic heterocycles. The Hall–Kier alpha value is -1.83. The van der Waals surface area contributed by atoms with Crippen molar-refractivity contribution in [3.05, 3.63) is 47.6 Å². The minimum atomic E-state index is 0.518. The lowest BCUT2D eigenvalue weighted by Crippen LogP contribution is -2.23. The second kappa shape index (κ2) is 10.9. The summed E-state index contributed by atoms with van der Waals surface area (Å²) in [5, 5.41) is 0. The molecule has 1 aromatic carbocycles. The highest BCUT2D eigenvalue weighted by molar-refractivity contribution is 5.86. The van der Waals surface area contributed by atoms with E-state index < -0.39 is 0 Å². The molecule has 1 atom stereocenters. The number of hydrogen-bond acceptors (Lipinski definition) is 2. The van der Waals surface area contributed by atoms with E-state index in [0.29, 0.717) is 5.92 Å². The van der Waals surface area contributed by atoms with Gasteiger partial charge in [-0.2, -0.15) is 0 Å². The van der Waals surface area contributed by atoms with Crippen molar-refractivity contribution in [3.63, 3.8) is 0 Å². The van der Waals surface area contributed by atoms with E-state index in [2.05, 4.69) is 77.3 Å². The first-order valence-electron chi connectivity index (χ1n) is 9.73. The molecule has 0 spiro atoms. The number of anilines is 1. The van der Waals surface area contributed by atoms with Gasteiger partial charge < -0.3 is 4.90 Å². The van der Waals surface area contributed by atoms with Crippen LogP contribution in [-0.2, 0) is 0 Å². The molecule has 0 saturated carbocycles. The summed E-state index contributed by atoms with van der Waals surface area (Å²) in [6, 6.07) is 6.56. The Morgan fingerprint density at radius 3 is 2.52 bits per heavy atom. The zero-order chi connectivity index (χ0) is 18.8. The first-order chi connectivity index (χ1) is 12.0. The third-order valence-corrected chi connectivity index (χ3v) is 4.89. The van der Waals surface area contributed by atoms with E-state index in [1.807, 2.05) is 6.21 Å². The maximum absolute atomic E-state index is 4.70. The molecule has 0 fully saturated rings. The molecule has 2 nitrogen and oxygen atoms in total. The lowest BCUT2D eigenvalue weighted by Gasteiger charge is -2.23. The van der Waals surface area contributed by atoms with Crippen molar-refractivity contribution in [2.24, 2.45) is 10.9 Å². The van der Waals surface area contributed by atoms with Gasteiger partial charge in [-0.15, -0.1) is 0 Å². The number of unbranched alkanes of at least 4 members (excludes halogenated alkanes) is 1. The van der Waals surface area contributed by atoms with Crippen LogP contribution < -0.4 is 4.90 Å². The molecule has 1 rings (SSSR count). The SMILES string of the molecule is C=C(/C=N\c1ccc(N(CC)CCCC)cc1C)/C(=C/C)C(C)CC. The molecule has 0 saturated heterocycles. The molecule has 1 aromatic rings. The van der Waals surface area contributed by atoms with E-state index in [0.717, 1.165) is 30.8 Å². The maximum atomic E-state index is 4.70. The lowest BCUT2D eigenvalue weighted by molar-refractivity contribution is 0.666. The van der Waals surface area contributed by atoms with Gasteiger partial charge in [0.05, 0.1) is 5.69 Å². The number of allylic oxidation sites excluding steroid dienone is 3. The quantitative estimate of drug-likeness (QED) is 0.335. The molecule has 2 heteroatoms. The smallest absolute Gasteiger partial charge is 0.0660 e. The van der Waals surface area contributed by atoms with Crippen LogP contribution in [0.3, 0.4) is 0 Å². The van der Waals surface area contributed by atoms with Gasteiger partial charge in [0, 0.05) is 25.0 Å². The van der Waals surface area contributed by atoms with Crippen LogP contribution in [0, 0.1) is 12.8 Å². The van der Waals surface area contributed by atoms with Crippen molar-refractivity contribution in [1.82, 2.24) is 0 Å². The predicted octanol–water partition coefficient (Wildman–Crippen LogP) is 6.87. The Bertz CT molecular complexity index is 611. The highest BCUT2D eigenvalue weighted by Gasteiger charge is 2.09. The first-order valence-corrected chi connectivity index (χ1v) is 9.73. The van der Waals surface area contributed by atoms with Gasteiger partial charge in [0.2, 0.25) is 0 Å². The maximum Gasteiger partial charge on any atom is 0.0660 e. The highest BCUT2D eigenvalue weighted by Crippen LogP contribution is 2.26. The number of hydrogen-bond donors (Lipinski definition) is 0. The fraction of sp³-hybridized carbons (Fsp3) is 0.522. The summed E-state index contributed by atoms with van der Waals surface area (Å²) in [6.07, 6.45) is 7.65. The minimum Gasteiger partial charge on any atom is -0.372 e. The number of nitrogens with zero attached hydrogens (tertiary/aromatic N) is 2. The third-order valence-electron chi connectivity index (χ3n) is 4.89. The van der Waals surface area contributed by atoms with Crippen LogP contribution in [0.4, 0.5) is 11.4 Å². The number of aliphatic imine (C=N–C) groups is 1. The average Bonchev–Trinajstić information content (AvgIpc) is 2.61. The van der Waals surface area contributed by atoms with Gasteiger partial charge in [0.25, 0.3) is 0 Å². The van der Waals surface area contributed by atoms with Crippen LogP contribution in [0.25, 0.3) is 0 Å². The molecule has 0 aliphatic carbocycles. The van der Waals surface area contributed by atoms with Crippen molar-refractivity contribution in [1.29, 1.82) is 0 Å². The molecule has 0 N–H and O–H groups in total. The molecule has 0 heterocycles. The van der Waals surface area contributed by atoms with E-state index in [9.17, 15) is 0 Å². The van der Waals surface area contributed by atoms with Gasteiger partial charge in [0.1, 0.15) is 0 Å². The number of rotatable bonds is 10. The van der Waals surface area contributed by atoms with Gasteiger partial charge in [-0.05, 0) is 74.4 Å². The van der Waals surface area contributed by atoms with E-state index in [4.69, 9.17) is 4.99 Å². The average molecular weight is 341 g/mol.